The topological polar surface area (TPSA) is 77.1 Å². The lowest BCUT2D eigenvalue weighted by molar-refractivity contribution is -0.113. The first-order valence-corrected chi connectivity index (χ1v) is 11.5. The van der Waals surface area contributed by atoms with Crippen molar-refractivity contribution in [1.82, 2.24) is 9.55 Å². The molecule has 0 unspecified atom stereocenters. The molecule has 0 fully saturated rings. The van der Waals surface area contributed by atoms with Gasteiger partial charge in [-0.1, -0.05) is 48.2 Å². The molecule has 6 nitrogen and oxygen atoms in total. The van der Waals surface area contributed by atoms with Gasteiger partial charge in [0, 0.05) is 11.1 Å². The van der Waals surface area contributed by atoms with Crippen LogP contribution in [0, 0.1) is 13.8 Å². The molecule has 0 aliphatic carbocycles. The van der Waals surface area contributed by atoms with E-state index < -0.39 is 0 Å². The van der Waals surface area contributed by atoms with Gasteiger partial charge in [0.2, 0.25) is 11.5 Å². The van der Waals surface area contributed by atoms with Crippen LogP contribution < -0.4 is 10.9 Å². The van der Waals surface area contributed by atoms with E-state index in [0.717, 1.165) is 22.2 Å². The number of nitrogens with zero attached hydrogens (tertiary/aromatic N) is 2. The number of hydrogen-bond donors (Lipinski definition) is 1. The number of anilines is 1. The van der Waals surface area contributed by atoms with E-state index in [9.17, 15) is 9.59 Å². The molecular weight excluding hydrogens is 434 g/mol. The number of fused-ring (bicyclic) bond motifs is 3. The van der Waals surface area contributed by atoms with Crippen molar-refractivity contribution in [1.29, 1.82) is 0 Å². The molecule has 0 bridgehead atoms. The van der Waals surface area contributed by atoms with Crippen molar-refractivity contribution in [2.45, 2.75) is 19.0 Å². The molecule has 5 aromatic rings. The van der Waals surface area contributed by atoms with Crippen LogP contribution in [-0.2, 0) is 4.79 Å². The number of rotatable bonds is 5. The fourth-order valence-corrected chi connectivity index (χ4v) is 4.68. The second-order valence-electron chi connectivity index (χ2n) is 7.86. The summed E-state index contributed by atoms with van der Waals surface area (Å²) >= 11 is 1.22. The highest BCUT2D eigenvalue weighted by Gasteiger charge is 2.20. The number of hydrogen-bond acceptors (Lipinski definition) is 5. The quantitative estimate of drug-likeness (QED) is 0.281. The summed E-state index contributed by atoms with van der Waals surface area (Å²) in [7, 11) is 0. The molecule has 2 heterocycles. The molecule has 33 heavy (non-hydrogen) atoms. The van der Waals surface area contributed by atoms with Crippen molar-refractivity contribution >= 4 is 45.4 Å². The predicted molar refractivity (Wildman–Crippen MR) is 132 cm³/mol. The van der Waals surface area contributed by atoms with Gasteiger partial charge in [-0.15, -0.1) is 0 Å². The summed E-state index contributed by atoms with van der Waals surface area (Å²) in [6.45, 7) is 3.96. The summed E-state index contributed by atoms with van der Waals surface area (Å²) in [6.07, 6.45) is 0. The second-order valence-corrected chi connectivity index (χ2v) is 8.80. The number of benzene rings is 3. The van der Waals surface area contributed by atoms with Crippen LogP contribution in [-0.4, -0.2) is 21.2 Å². The fourth-order valence-electron chi connectivity index (χ4n) is 3.87. The highest BCUT2D eigenvalue weighted by molar-refractivity contribution is 7.99. The molecule has 0 aliphatic rings. The highest BCUT2D eigenvalue weighted by atomic mass is 32.2. The van der Waals surface area contributed by atoms with E-state index in [4.69, 9.17) is 9.40 Å². The third-order valence-electron chi connectivity index (χ3n) is 5.22. The van der Waals surface area contributed by atoms with E-state index in [2.05, 4.69) is 5.32 Å². The summed E-state index contributed by atoms with van der Waals surface area (Å²) in [6, 6.07) is 22.6. The number of furan rings is 1. The SMILES string of the molecule is Cc1cc(C)cc(-n2c(SCC(=O)Nc3ccccc3)nc3c(oc4ccccc43)c2=O)c1. The van der Waals surface area contributed by atoms with E-state index in [1.165, 1.54) is 16.3 Å². The van der Waals surface area contributed by atoms with Crippen molar-refractivity contribution in [2.24, 2.45) is 0 Å². The molecule has 1 amide bonds. The Morgan fingerprint density at radius 3 is 2.45 bits per heavy atom. The minimum Gasteiger partial charge on any atom is -0.448 e. The lowest BCUT2D eigenvalue weighted by Crippen LogP contribution is -2.22. The van der Waals surface area contributed by atoms with Crippen LogP contribution in [0.1, 0.15) is 11.1 Å². The first-order valence-electron chi connectivity index (χ1n) is 10.5. The predicted octanol–water partition coefficient (Wildman–Crippen LogP) is 5.48. The van der Waals surface area contributed by atoms with Gasteiger partial charge < -0.3 is 9.73 Å². The first-order chi connectivity index (χ1) is 16.0. The number of thioether (sulfide) groups is 1. The molecule has 164 valence electrons. The Kier molecular flexibility index (Phi) is 5.48. The average molecular weight is 456 g/mol. The Morgan fingerprint density at radius 1 is 1.00 bits per heavy atom. The molecule has 5 rings (SSSR count). The Morgan fingerprint density at radius 2 is 1.70 bits per heavy atom. The smallest absolute Gasteiger partial charge is 0.302 e. The summed E-state index contributed by atoms with van der Waals surface area (Å²) in [5, 5.41) is 4.08. The molecule has 0 aliphatic heterocycles. The zero-order valence-corrected chi connectivity index (χ0v) is 19.0. The average Bonchev–Trinajstić information content (AvgIpc) is 3.17. The summed E-state index contributed by atoms with van der Waals surface area (Å²) in [5.41, 5.74) is 4.48. The molecular formula is C26H21N3O3S. The van der Waals surface area contributed by atoms with Crippen LogP contribution in [0.4, 0.5) is 5.69 Å². The van der Waals surface area contributed by atoms with Gasteiger partial charge in [0.25, 0.3) is 0 Å². The maximum atomic E-state index is 13.6. The Labute approximate surface area is 194 Å². The molecule has 1 N–H and O–H groups in total. The van der Waals surface area contributed by atoms with Gasteiger partial charge in [0.1, 0.15) is 11.1 Å². The Balaban J connectivity index is 1.61. The number of para-hydroxylation sites is 2. The van der Waals surface area contributed by atoms with Gasteiger partial charge in [-0.3, -0.25) is 14.2 Å². The second kappa shape index (κ2) is 8.60. The van der Waals surface area contributed by atoms with Gasteiger partial charge in [0.05, 0.1) is 11.4 Å². The summed E-state index contributed by atoms with van der Waals surface area (Å²) < 4.78 is 7.41. The largest absolute Gasteiger partial charge is 0.448 e. The molecule has 3 aromatic carbocycles. The first kappa shape index (κ1) is 21.0. The van der Waals surface area contributed by atoms with E-state index >= 15 is 0 Å². The standard InChI is InChI=1S/C26H21N3O3S/c1-16-12-17(2)14-19(13-16)29-25(31)24-23(20-10-6-7-11-21(20)32-24)28-26(29)33-15-22(30)27-18-8-4-3-5-9-18/h3-14H,15H2,1-2H3,(H,27,30). The van der Waals surface area contributed by atoms with Crippen molar-refractivity contribution in [3.8, 4) is 5.69 Å². The van der Waals surface area contributed by atoms with Gasteiger partial charge in [-0.2, -0.15) is 0 Å². The van der Waals surface area contributed by atoms with E-state index in [1.54, 1.807) is 0 Å². The van der Waals surface area contributed by atoms with Crippen LogP contribution in [0.15, 0.2) is 87.2 Å². The maximum Gasteiger partial charge on any atom is 0.302 e. The van der Waals surface area contributed by atoms with Gasteiger partial charge >= 0.3 is 5.56 Å². The molecule has 7 heteroatoms. The van der Waals surface area contributed by atoms with Crippen LogP contribution >= 0.6 is 11.8 Å². The molecule has 2 aromatic heterocycles. The number of nitrogens with one attached hydrogen (secondary N) is 1. The number of aryl methyl sites for hydroxylation is 2. The van der Waals surface area contributed by atoms with Gasteiger partial charge in [-0.25, -0.2) is 4.98 Å². The number of carbonyl (C=O) groups excluding carboxylic acids is 1. The number of aromatic nitrogens is 2. The minimum atomic E-state index is -0.299. The van der Waals surface area contributed by atoms with Gasteiger partial charge in [0.15, 0.2) is 5.16 Å². The number of carbonyl (C=O) groups is 1. The third kappa shape index (κ3) is 4.15. The van der Waals surface area contributed by atoms with Crippen molar-refractivity contribution < 1.29 is 9.21 Å². The lowest BCUT2D eigenvalue weighted by Gasteiger charge is -2.13. The molecule has 0 saturated carbocycles. The van der Waals surface area contributed by atoms with E-state index in [1.807, 2.05) is 86.6 Å². The monoisotopic (exact) mass is 455 g/mol. The minimum absolute atomic E-state index is 0.105. The summed E-state index contributed by atoms with van der Waals surface area (Å²) in [4.78, 5) is 31.0. The maximum absolute atomic E-state index is 13.6. The summed E-state index contributed by atoms with van der Waals surface area (Å²) in [5.74, 6) is -0.0717. The van der Waals surface area contributed by atoms with Crippen LogP contribution in [0.25, 0.3) is 27.8 Å². The van der Waals surface area contributed by atoms with Crippen molar-refractivity contribution in [3.63, 3.8) is 0 Å². The molecule has 0 saturated heterocycles. The highest BCUT2D eigenvalue weighted by Crippen LogP contribution is 2.29. The number of amides is 1. The zero-order valence-electron chi connectivity index (χ0n) is 18.2. The van der Waals surface area contributed by atoms with E-state index in [0.29, 0.717) is 21.9 Å². The Hall–Kier alpha value is -3.84. The van der Waals surface area contributed by atoms with Crippen LogP contribution in [0.2, 0.25) is 0 Å². The third-order valence-corrected chi connectivity index (χ3v) is 6.16. The van der Waals surface area contributed by atoms with Crippen LogP contribution in [0.5, 0.6) is 0 Å². The van der Waals surface area contributed by atoms with Crippen molar-refractivity contribution in [3.05, 3.63) is 94.3 Å². The van der Waals surface area contributed by atoms with E-state index in [-0.39, 0.29) is 22.8 Å². The molecule has 0 spiro atoms. The Bertz CT molecular complexity index is 1530. The van der Waals surface area contributed by atoms with Crippen molar-refractivity contribution in [2.75, 3.05) is 11.1 Å². The molecule has 0 radical (unpaired) electrons. The van der Waals surface area contributed by atoms with Gasteiger partial charge in [-0.05, 0) is 61.4 Å². The zero-order chi connectivity index (χ0) is 22.9. The van der Waals surface area contributed by atoms with Crippen LogP contribution in [0.3, 0.4) is 0 Å². The normalized spacial score (nSPS) is 11.2. The fraction of sp³-hybridized carbons (Fsp3) is 0.115. The molecule has 0 atom stereocenters. The lowest BCUT2D eigenvalue weighted by atomic mass is 10.1.